The number of hydrogen-bond acceptors (Lipinski definition) is 3. The summed E-state index contributed by atoms with van der Waals surface area (Å²) in [5.74, 6) is 1.13. The molecule has 3 nitrogen and oxygen atoms in total. The van der Waals surface area contributed by atoms with Crippen LogP contribution in [0.2, 0.25) is 0 Å². The standard InChI is InChI=1S/C18H27N3/c1-18(2,3)15-7-9-21(10-8-15)17-14(12-19)11-13-5-4-6-16(13)20-17/h7,11H,4-6,8-10,12,19H2,1-3H3. The topological polar surface area (TPSA) is 42.2 Å². The normalized spacial score (nSPS) is 18.7. The molecule has 0 aromatic carbocycles. The Balaban J connectivity index is 1.87. The molecule has 0 fully saturated rings. The summed E-state index contributed by atoms with van der Waals surface area (Å²) >= 11 is 0. The summed E-state index contributed by atoms with van der Waals surface area (Å²) in [6, 6.07) is 2.30. The number of aromatic nitrogens is 1. The van der Waals surface area contributed by atoms with Crippen LogP contribution >= 0.6 is 0 Å². The maximum absolute atomic E-state index is 5.97. The molecule has 0 atom stereocenters. The van der Waals surface area contributed by atoms with E-state index in [2.05, 4.69) is 37.8 Å². The van der Waals surface area contributed by atoms with E-state index in [4.69, 9.17) is 10.7 Å². The van der Waals surface area contributed by atoms with Gasteiger partial charge in [0.1, 0.15) is 5.82 Å². The van der Waals surface area contributed by atoms with Crippen LogP contribution in [-0.4, -0.2) is 18.1 Å². The van der Waals surface area contributed by atoms with Gasteiger partial charge in [0, 0.05) is 30.9 Å². The van der Waals surface area contributed by atoms with Crippen molar-refractivity contribution in [3.63, 3.8) is 0 Å². The molecule has 1 aliphatic heterocycles. The van der Waals surface area contributed by atoms with Crippen LogP contribution in [0.5, 0.6) is 0 Å². The van der Waals surface area contributed by atoms with Crippen LogP contribution in [0.15, 0.2) is 17.7 Å². The first kappa shape index (κ1) is 14.6. The zero-order valence-electron chi connectivity index (χ0n) is 13.6. The van der Waals surface area contributed by atoms with E-state index in [1.165, 1.54) is 29.7 Å². The lowest BCUT2D eigenvalue weighted by Crippen LogP contribution is -2.33. The third-order valence-electron chi connectivity index (χ3n) is 4.80. The Hall–Kier alpha value is -1.35. The highest BCUT2D eigenvalue weighted by Crippen LogP contribution is 2.33. The predicted molar refractivity (Wildman–Crippen MR) is 88.5 cm³/mol. The van der Waals surface area contributed by atoms with Gasteiger partial charge in [-0.2, -0.15) is 0 Å². The fourth-order valence-corrected chi connectivity index (χ4v) is 3.48. The van der Waals surface area contributed by atoms with Gasteiger partial charge in [0.25, 0.3) is 0 Å². The summed E-state index contributed by atoms with van der Waals surface area (Å²) in [6.07, 6.45) is 7.06. The molecule has 2 N–H and O–H groups in total. The summed E-state index contributed by atoms with van der Waals surface area (Å²) in [7, 11) is 0. The summed E-state index contributed by atoms with van der Waals surface area (Å²) < 4.78 is 0. The van der Waals surface area contributed by atoms with E-state index in [1.54, 1.807) is 5.57 Å². The monoisotopic (exact) mass is 285 g/mol. The molecule has 0 unspecified atom stereocenters. The molecule has 0 spiro atoms. The number of nitrogens with zero attached hydrogens (tertiary/aromatic N) is 2. The summed E-state index contributed by atoms with van der Waals surface area (Å²) in [5, 5.41) is 0. The molecule has 1 aliphatic carbocycles. The lowest BCUT2D eigenvalue weighted by Gasteiger charge is -2.34. The van der Waals surface area contributed by atoms with Gasteiger partial charge in [0.15, 0.2) is 0 Å². The first-order valence-corrected chi connectivity index (χ1v) is 8.15. The van der Waals surface area contributed by atoms with Gasteiger partial charge in [0.2, 0.25) is 0 Å². The molecule has 0 amide bonds. The van der Waals surface area contributed by atoms with Crippen molar-refractivity contribution in [2.75, 3.05) is 18.0 Å². The molecule has 1 aromatic heterocycles. The zero-order valence-corrected chi connectivity index (χ0v) is 13.6. The van der Waals surface area contributed by atoms with Gasteiger partial charge in [-0.15, -0.1) is 0 Å². The molecule has 0 saturated carbocycles. The average molecular weight is 285 g/mol. The van der Waals surface area contributed by atoms with Gasteiger partial charge in [0.05, 0.1) is 0 Å². The first-order chi connectivity index (χ1) is 9.99. The van der Waals surface area contributed by atoms with Gasteiger partial charge >= 0.3 is 0 Å². The Kier molecular flexibility index (Phi) is 3.78. The van der Waals surface area contributed by atoms with Crippen LogP contribution in [0.3, 0.4) is 0 Å². The molecule has 21 heavy (non-hydrogen) atoms. The first-order valence-electron chi connectivity index (χ1n) is 8.15. The second-order valence-electron chi connectivity index (χ2n) is 7.31. The Morgan fingerprint density at radius 3 is 2.67 bits per heavy atom. The minimum absolute atomic E-state index is 0.286. The largest absolute Gasteiger partial charge is 0.352 e. The second-order valence-corrected chi connectivity index (χ2v) is 7.31. The fourth-order valence-electron chi connectivity index (χ4n) is 3.48. The molecule has 3 rings (SSSR count). The number of rotatable bonds is 2. The summed E-state index contributed by atoms with van der Waals surface area (Å²) in [6.45, 7) is 9.50. The number of anilines is 1. The third kappa shape index (κ3) is 2.84. The number of hydrogen-bond donors (Lipinski definition) is 1. The Morgan fingerprint density at radius 1 is 1.24 bits per heavy atom. The van der Waals surface area contributed by atoms with E-state index < -0.39 is 0 Å². The molecular formula is C18H27N3. The van der Waals surface area contributed by atoms with E-state index >= 15 is 0 Å². The molecule has 0 radical (unpaired) electrons. The van der Waals surface area contributed by atoms with Crippen molar-refractivity contribution in [1.29, 1.82) is 0 Å². The highest BCUT2D eigenvalue weighted by atomic mass is 15.2. The third-order valence-corrected chi connectivity index (χ3v) is 4.80. The van der Waals surface area contributed by atoms with Crippen LogP contribution in [0.4, 0.5) is 5.82 Å². The van der Waals surface area contributed by atoms with Gasteiger partial charge < -0.3 is 10.6 Å². The Morgan fingerprint density at radius 2 is 2.05 bits per heavy atom. The maximum atomic E-state index is 5.97. The van der Waals surface area contributed by atoms with Crippen molar-refractivity contribution >= 4 is 5.82 Å². The Bertz CT molecular complexity index is 567. The van der Waals surface area contributed by atoms with Crippen molar-refractivity contribution in [2.45, 2.75) is 53.0 Å². The van der Waals surface area contributed by atoms with E-state index in [0.717, 1.165) is 31.7 Å². The highest BCUT2D eigenvalue weighted by molar-refractivity contribution is 5.52. The number of aryl methyl sites for hydroxylation is 2. The average Bonchev–Trinajstić information content (AvgIpc) is 2.92. The Labute approximate surface area is 128 Å². The summed E-state index contributed by atoms with van der Waals surface area (Å²) in [4.78, 5) is 7.35. The predicted octanol–water partition coefficient (Wildman–Crippen LogP) is 3.21. The summed E-state index contributed by atoms with van der Waals surface area (Å²) in [5.41, 5.74) is 11.7. The molecule has 0 bridgehead atoms. The van der Waals surface area contributed by atoms with Crippen molar-refractivity contribution < 1.29 is 0 Å². The molecule has 3 heteroatoms. The molecule has 2 aliphatic rings. The molecule has 114 valence electrons. The van der Waals surface area contributed by atoms with E-state index in [0.29, 0.717) is 6.54 Å². The van der Waals surface area contributed by atoms with Crippen LogP contribution in [0.25, 0.3) is 0 Å². The van der Waals surface area contributed by atoms with Gasteiger partial charge in [-0.25, -0.2) is 4.98 Å². The van der Waals surface area contributed by atoms with Crippen LogP contribution < -0.4 is 10.6 Å². The van der Waals surface area contributed by atoms with Crippen LogP contribution in [-0.2, 0) is 19.4 Å². The molecule has 2 heterocycles. The molecule has 1 aromatic rings. The lowest BCUT2D eigenvalue weighted by molar-refractivity contribution is 0.472. The minimum atomic E-state index is 0.286. The van der Waals surface area contributed by atoms with Crippen molar-refractivity contribution in [3.8, 4) is 0 Å². The maximum Gasteiger partial charge on any atom is 0.133 e. The van der Waals surface area contributed by atoms with Crippen LogP contribution in [0, 0.1) is 5.41 Å². The van der Waals surface area contributed by atoms with E-state index in [9.17, 15) is 0 Å². The van der Waals surface area contributed by atoms with Crippen molar-refractivity contribution in [1.82, 2.24) is 4.98 Å². The fraction of sp³-hybridized carbons (Fsp3) is 0.611. The van der Waals surface area contributed by atoms with Gasteiger partial charge in [-0.05, 0) is 42.7 Å². The highest BCUT2D eigenvalue weighted by Gasteiger charge is 2.24. The van der Waals surface area contributed by atoms with Crippen molar-refractivity contribution in [3.05, 3.63) is 34.5 Å². The number of fused-ring (bicyclic) bond motifs is 1. The number of pyridine rings is 1. The van der Waals surface area contributed by atoms with E-state index in [-0.39, 0.29) is 5.41 Å². The SMILES string of the molecule is CC(C)(C)C1=CCN(c2nc3c(cc2CN)CCC3)CC1. The molecule has 0 saturated heterocycles. The smallest absolute Gasteiger partial charge is 0.133 e. The minimum Gasteiger partial charge on any atom is -0.352 e. The number of nitrogens with two attached hydrogens (primary N) is 1. The quantitative estimate of drug-likeness (QED) is 0.848. The zero-order chi connectivity index (χ0) is 15.0. The van der Waals surface area contributed by atoms with Crippen LogP contribution in [0.1, 0.15) is 50.4 Å². The lowest BCUT2D eigenvalue weighted by atomic mass is 9.83. The van der Waals surface area contributed by atoms with E-state index in [1.807, 2.05) is 0 Å². The van der Waals surface area contributed by atoms with Crippen molar-refractivity contribution in [2.24, 2.45) is 11.1 Å². The van der Waals surface area contributed by atoms with Gasteiger partial charge in [-0.1, -0.05) is 32.4 Å². The molecular weight excluding hydrogens is 258 g/mol. The van der Waals surface area contributed by atoms with Gasteiger partial charge in [-0.3, -0.25) is 0 Å². The second kappa shape index (κ2) is 5.45.